The third-order valence-electron chi connectivity index (χ3n) is 6.28. The summed E-state index contributed by atoms with van der Waals surface area (Å²) in [5, 5.41) is 3.22. The molecule has 0 unspecified atom stereocenters. The average molecular weight is 490 g/mol. The summed E-state index contributed by atoms with van der Waals surface area (Å²) < 4.78 is 6.98. The minimum atomic E-state index is -0.190. The van der Waals surface area contributed by atoms with Crippen LogP contribution in [0, 0.1) is 0 Å². The highest BCUT2D eigenvalue weighted by molar-refractivity contribution is 5.92. The Balaban J connectivity index is 1.53. The van der Waals surface area contributed by atoms with Gasteiger partial charge in [0, 0.05) is 19.0 Å². The van der Waals surface area contributed by atoms with Crippen LogP contribution in [0.15, 0.2) is 102 Å². The summed E-state index contributed by atoms with van der Waals surface area (Å²) in [6.45, 7) is 1.83. The Labute approximate surface area is 215 Å². The number of amides is 1. The van der Waals surface area contributed by atoms with E-state index >= 15 is 0 Å². The molecule has 5 aromatic rings. The Morgan fingerprint density at radius 3 is 2.19 bits per heavy atom. The number of rotatable bonds is 7. The molecule has 0 atom stereocenters. The van der Waals surface area contributed by atoms with Gasteiger partial charge in [0.05, 0.1) is 24.6 Å². The second-order valence-electron chi connectivity index (χ2n) is 8.92. The summed E-state index contributed by atoms with van der Waals surface area (Å²) in [7, 11) is 1.65. The van der Waals surface area contributed by atoms with Gasteiger partial charge in [-0.3, -0.25) is 14.2 Å². The van der Waals surface area contributed by atoms with Crippen molar-refractivity contribution in [3.63, 3.8) is 0 Å². The van der Waals surface area contributed by atoms with Gasteiger partial charge in [0.15, 0.2) is 0 Å². The fourth-order valence-corrected chi connectivity index (χ4v) is 4.39. The Morgan fingerprint density at radius 2 is 1.54 bits per heavy atom. The van der Waals surface area contributed by atoms with Crippen molar-refractivity contribution in [2.75, 3.05) is 12.4 Å². The fraction of sp³-hybridized carbons (Fsp3) is 0.129. The molecule has 37 heavy (non-hydrogen) atoms. The molecule has 0 fully saturated rings. The first-order valence-corrected chi connectivity index (χ1v) is 12.1. The van der Waals surface area contributed by atoms with E-state index in [0.29, 0.717) is 35.4 Å². The van der Waals surface area contributed by atoms with E-state index in [1.807, 2.05) is 66.7 Å². The van der Waals surface area contributed by atoms with E-state index in [-0.39, 0.29) is 11.5 Å². The zero-order chi connectivity index (χ0) is 25.8. The molecule has 0 saturated carbocycles. The van der Waals surface area contributed by atoms with Crippen LogP contribution in [0.3, 0.4) is 0 Å². The Bertz CT molecular complexity index is 1610. The molecule has 5 rings (SSSR count). The number of anilines is 1. The van der Waals surface area contributed by atoms with Crippen molar-refractivity contribution in [3.05, 3.63) is 124 Å². The van der Waals surface area contributed by atoms with E-state index in [1.165, 1.54) is 6.92 Å². The highest BCUT2D eigenvalue weighted by atomic mass is 16.5. The molecule has 0 aliphatic heterocycles. The van der Waals surface area contributed by atoms with Crippen LogP contribution in [-0.2, 0) is 17.8 Å². The van der Waals surface area contributed by atoms with Gasteiger partial charge in [0.2, 0.25) is 5.91 Å². The molecule has 0 radical (unpaired) electrons. The topological polar surface area (TPSA) is 73.2 Å². The number of nitrogens with zero attached hydrogens (tertiary/aromatic N) is 2. The maximum atomic E-state index is 13.7. The number of benzene rings is 4. The van der Waals surface area contributed by atoms with E-state index < -0.39 is 0 Å². The van der Waals surface area contributed by atoms with Crippen molar-refractivity contribution in [2.24, 2.45) is 0 Å². The second-order valence-corrected chi connectivity index (χ2v) is 8.92. The van der Waals surface area contributed by atoms with Crippen molar-refractivity contribution in [1.82, 2.24) is 9.55 Å². The smallest absolute Gasteiger partial charge is 0.261 e. The molecular weight excluding hydrogens is 462 g/mol. The third kappa shape index (κ3) is 5.43. The predicted octanol–water partition coefficient (Wildman–Crippen LogP) is 5.67. The van der Waals surface area contributed by atoms with Gasteiger partial charge >= 0.3 is 0 Å². The summed E-state index contributed by atoms with van der Waals surface area (Å²) >= 11 is 0. The summed E-state index contributed by atoms with van der Waals surface area (Å²) in [5.41, 5.74) is 5.29. The molecule has 1 N–H and O–H groups in total. The molecule has 0 aliphatic rings. The first kappa shape index (κ1) is 24.0. The lowest BCUT2D eigenvalue weighted by atomic mass is 10.0. The van der Waals surface area contributed by atoms with Gasteiger partial charge in [0.25, 0.3) is 5.56 Å². The SMILES string of the molecule is COc1ccc(-c2ccc(Cn3c(Cc4ccccc4)nc4ccc(NC(C)=O)cc4c3=O)cc2)cc1. The van der Waals surface area contributed by atoms with Crippen molar-refractivity contribution in [3.8, 4) is 16.9 Å². The maximum absolute atomic E-state index is 13.7. The van der Waals surface area contributed by atoms with Crippen LogP contribution in [-0.4, -0.2) is 22.6 Å². The summed E-state index contributed by atoms with van der Waals surface area (Å²) in [6, 6.07) is 31.4. The van der Waals surface area contributed by atoms with E-state index in [2.05, 4.69) is 17.4 Å². The van der Waals surface area contributed by atoms with Gasteiger partial charge in [-0.2, -0.15) is 0 Å². The third-order valence-corrected chi connectivity index (χ3v) is 6.28. The van der Waals surface area contributed by atoms with E-state index in [1.54, 1.807) is 29.9 Å². The number of carbonyl (C=O) groups excluding carboxylic acids is 1. The molecule has 0 spiro atoms. The summed E-state index contributed by atoms with van der Waals surface area (Å²) in [5.74, 6) is 1.32. The van der Waals surface area contributed by atoms with Gasteiger partial charge in [-0.05, 0) is 52.6 Å². The number of aromatic nitrogens is 2. The van der Waals surface area contributed by atoms with Crippen molar-refractivity contribution < 1.29 is 9.53 Å². The molecule has 0 saturated heterocycles. The molecule has 0 aliphatic carbocycles. The zero-order valence-corrected chi connectivity index (χ0v) is 20.8. The molecule has 0 bridgehead atoms. The maximum Gasteiger partial charge on any atom is 0.261 e. The number of fused-ring (bicyclic) bond motifs is 1. The van der Waals surface area contributed by atoms with Crippen molar-refractivity contribution >= 4 is 22.5 Å². The largest absolute Gasteiger partial charge is 0.497 e. The fourth-order valence-electron chi connectivity index (χ4n) is 4.39. The lowest BCUT2D eigenvalue weighted by Gasteiger charge is -2.15. The molecular formula is C31H27N3O3. The van der Waals surface area contributed by atoms with E-state index in [9.17, 15) is 9.59 Å². The van der Waals surface area contributed by atoms with Gasteiger partial charge in [-0.15, -0.1) is 0 Å². The lowest BCUT2D eigenvalue weighted by Crippen LogP contribution is -2.26. The quantitative estimate of drug-likeness (QED) is 0.320. The zero-order valence-electron chi connectivity index (χ0n) is 20.8. The molecule has 6 nitrogen and oxygen atoms in total. The highest BCUT2D eigenvalue weighted by Gasteiger charge is 2.14. The average Bonchev–Trinajstić information content (AvgIpc) is 2.92. The molecule has 4 aromatic carbocycles. The van der Waals surface area contributed by atoms with E-state index in [0.717, 1.165) is 28.0 Å². The molecule has 6 heteroatoms. The Morgan fingerprint density at radius 1 is 0.865 bits per heavy atom. The standard InChI is InChI=1S/C31H27N3O3/c1-21(35)32-26-14-17-29-28(19-26)31(36)34(30(33-29)18-22-6-4-3-5-7-22)20-23-8-10-24(11-9-23)25-12-15-27(37-2)16-13-25/h3-17,19H,18,20H2,1-2H3,(H,32,35). The monoisotopic (exact) mass is 489 g/mol. The van der Waals surface area contributed by atoms with Crippen LogP contribution in [0.2, 0.25) is 0 Å². The molecule has 1 amide bonds. The summed E-state index contributed by atoms with van der Waals surface area (Å²) in [6.07, 6.45) is 0.531. The van der Waals surface area contributed by atoms with E-state index in [4.69, 9.17) is 9.72 Å². The highest BCUT2D eigenvalue weighted by Crippen LogP contribution is 2.23. The predicted molar refractivity (Wildman–Crippen MR) is 147 cm³/mol. The number of ether oxygens (including phenoxy) is 1. The van der Waals surface area contributed by atoms with Crippen molar-refractivity contribution in [2.45, 2.75) is 19.9 Å². The van der Waals surface area contributed by atoms with Crippen LogP contribution in [0.5, 0.6) is 5.75 Å². The molecule has 1 aromatic heterocycles. The second kappa shape index (κ2) is 10.5. The summed E-state index contributed by atoms with van der Waals surface area (Å²) in [4.78, 5) is 30.1. The number of carbonyl (C=O) groups is 1. The number of nitrogens with one attached hydrogen (secondary N) is 1. The van der Waals surface area contributed by atoms with Gasteiger partial charge < -0.3 is 10.1 Å². The van der Waals surface area contributed by atoms with Crippen molar-refractivity contribution in [1.29, 1.82) is 0 Å². The van der Waals surface area contributed by atoms with Crippen LogP contribution < -0.4 is 15.6 Å². The van der Waals surface area contributed by atoms with Crippen LogP contribution in [0.25, 0.3) is 22.0 Å². The molecule has 184 valence electrons. The van der Waals surface area contributed by atoms with Gasteiger partial charge in [0.1, 0.15) is 11.6 Å². The minimum absolute atomic E-state index is 0.137. The number of hydrogen-bond donors (Lipinski definition) is 1. The lowest BCUT2D eigenvalue weighted by molar-refractivity contribution is -0.114. The van der Waals surface area contributed by atoms with Crippen LogP contribution in [0.1, 0.15) is 23.9 Å². The Kier molecular flexibility index (Phi) is 6.81. The van der Waals surface area contributed by atoms with Gasteiger partial charge in [-0.1, -0.05) is 66.7 Å². The number of hydrogen-bond acceptors (Lipinski definition) is 4. The Hall–Kier alpha value is -4.71. The van der Waals surface area contributed by atoms with Gasteiger partial charge in [-0.25, -0.2) is 4.98 Å². The minimum Gasteiger partial charge on any atom is -0.497 e. The number of methoxy groups -OCH3 is 1. The first-order valence-electron chi connectivity index (χ1n) is 12.1. The normalized spacial score (nSPS) is 10.9. The first-order chi connectivity index (χ1) is 18.0. The van der Waals surface area contributed by atoms with Crippen LogP contribution in [0.4, 0.5) is 5.69 Å². The van der Waals surface area contributed by atoms with Crippen LogP contribution >= 0.6 is 0 Å². The molecule has 1 heterocycles.